The van der Waals surface area contributed by atoms with Crippen molar-refractivity contribution in [1.82, 2.24) is 10.2 Å². The summed E-state index contributed by atoms with van der Waals surface area (Å²) in [6.45, 7) is 6.40. The van der Waals surface area contributed by atoms with Crippen LogP contribution in [-0.2, 0) is 9.53 Å². The lowest BCUT2D eigenvalue weighted by molar-refractivity contribution is -0.126. The number of ether oxygens (including phenoxy) is 1. The molecule has 2 fully saturated rings. The molecule has 1 aliphatic carbocycles. The molecule has 1 saturated heterocycles. The average molecular weight is 268 g/mol. The summed E-state index contributed by atoms with van der Waals surface area (Å²) in [6, 6.07) is 0.408. The highest BCUT2D eigenvalue weighted by atomic mass is 16.5. The molecule has 0 spiro atoms. The minimum Gasteiger partial charge on any atom is -0.373 e. The van der Waals surface area contributed by atoms with Crippen molar-refractivity contribution in [1.29, 1.82) is 0 Å². The zero-order valence-corrected chi connectivity index (χ0v) is 12.4. The van der Waals surface area contributed by atoms with E-state index in [2.05, 4.69) is 24.1 Å². The van der Waals surface area contributed by atoms with Gasteiger partial charge in [0, 0.05) is 19.1 Å². The Morgan fingerprint density at radius 2 is 1.68 bits per heavy atom. The maximum atomic E-state index is 12.1. The third-order valence-corrected chi connectivity index (χ3v) is 4.08. The molecule has 0 aromatic carbocycles. The van der Waals surface area contributed by atoms with Crippen molar-refractivity contribution in [3.63, 3.8) is 0 Å². The number of nitrogens with zero attached hydrogens (tertiary/aromatic N) is 1. The van der Waals surface area contributed by atoms with Crippen LogP contribution in [0.3, 0.4) is 0 Å². The van der Waals surface area contributed by atoms with Crippen LogP contribution in [-0.4, -0.2) is 48.7 Å². The third kappa shape index (κ3) is 5.11. The van der Waals surface area contributed by atoms with E-state index in [1.165, 1.54) is 25.7 Å². The molecule has 4 heteroatoms. The van der Waals surface area contributed by atoms with Gasteiger partial charge in [0.1, 0.15) is 0 Å². The maximum absolute atomic E-state index is 12.1. The third-order valence-electron chi connectivity index (χ3n) is 4.08. The Bertz CT molecular complexity index is 278. The summed E-state index contributed by atoms with van der Waals surface area (Å²) in [4.78, 5) is 14.3. The molecule has 2 atom stereocenters. The van der Waals surface area contributed by atoms with Gasteiger partial charge in [0.25, 0.3) is 0 Å². The van der Waals surface area contributed by atoms with Crippen LogP contribution in [0.4, 0.5) is 0 Å². The first-order chi connectivity index (χ1) is 9.13. The molecular weight excluding hydrogens is 240 g/mol. The Kier molecular flexibility index (Phi) is 5.64. The van der Waals surface area contributed by atoms with Crippen LogP contribution >= 0.6 is 0 Å². The SMILES string of the molecule is C[C@@H]1CN(CC(=O)NC2CCCCCC2)C[C@H](C)O1. The van der Waals surface area contributed by atoms with E-state index < -0.39 is 0 Å². The van der Waals surface area contributed by atoms with Gasteiger partial charge in [-0.1, -0.05) is 25.7 Å². The number of carbonyl (C=O) groups excluding carboxylic acids is 1. The fourth-order valence-corrected chi connectivity index (χ4v) is 3.31. The number of hydrogen-bond acceptors (Lipinski definition) is 3. The molecule has 0 aromatic rings. The van der Waals surface area contributed by atoms with Crippen molar-refractivity contribution >= 4 is 5.91 Å². The summed E-state index contributed by atoms with van der Waals surface area (Å²) in [5, 5.41) is 3.21. The van der Waals surface area contributed by atoms with E-state index in [0.29, 0.717) is 12.6 Å². The quantitative estimate of drug-likeness (QED) is 0.795. The smallest absolute Gasteiger partial charge is 0.234 e. The van der Waals surface area contributed by atoms with E-state index in [1.807, 2.05) is 0 Å². The minimum atomic E-state index is 0.188. The Hall–Kier alpha value is -0.610. The Morgan fingerprint density at radius 1 is 1.11 bits per heavy atom. The highest BCUT2D eigenvalue weighted by molar-refractivity contribution is 5.78. The minimum absolute atomic E-state index is 0.188. The highest BCUT2D eigenvalue weighted by Crippen LogP contribution is 2.17. The number of amides is 1. The van der Waals surface area contributed by atoms with Gasteiger partial charge >= 0.3 is 0 Å². The predicted octanol–water partition coefficient (Wildman–Crippen LogP) is 1.93. The molecule has 1 amide bonds. The van der Waals surface area contributed by atoms with Gasteiger partial charge in [-0.2, -0.15) is 0 Å². The fourth-order valence-electron chi connectivity index (χ4n) is 3.31. The number of morpholine rings is 1. The summed E-state index contributed by atoms with van der Waals surface area (Å²) in [5.74, 6) is 0.188. The van der Waals surface area contributed by atoms with E-state index in [0.717, 1.165) is 25.9 Å². The van der Waals surface area contributed by atoms with Crippen molar-refractivity contribution in [3.8, 4) is 0 Å². The fraction of sp³-hybridized carbons (Fsp3) is 0.933. The lowest BCUT2D eigenvalue weighted by Crippen LogP contribution is -2.50. The van der Waals surface area contributed by atoms with Crippen LogP contribution < -0.4 is 5.32 Å². The van der Waals surface area contributed by atoms with Crippen molar-refractivity contribution < 1.29 is 9.53 Å². The molecule has 1 heterocycles. The van der Waals surface area contributed by atoms with Gasteiger partial charge in [0.15, 0.2) is 0 Å². The van der Waals surface area contributed by atoms with Crippen LogP contribution in [0.15, 0.2) is 0 Å². The normalized spacial score (nSPS) is 30.8. The average Bonchev–Trinajstić information content (AvgIpc) is 2.55. The summed E-state index contributed by atoms with van der Waals surface area (Å²) < 4.78 is 5.69. The van der Waals surface area contributed by atoms with Crippen molar-refractivity contribution in [2.45, 2.75) is 70.6 Å². The molecule has 2 rings (SSSR count). The molecule has 110 valence electrons. The van der Waals surface area contributed by atoms with Gasteiger partial charge in [-0.25, -0.2) is 0 Å². The van der Waals surface area contributed by atoms with Gasteiger partial charge in [0.2, 0.25) is 5.91 Å². The Labute approximate surface area is 116 Å². The largest absolute Gasteiger partial charge is 0.373 e. The van der Waals surface area contributed by atoms with Gasteiger partial charge in [-0.15, -0.1) is 0 Å². The van der Waals surface area contributed by atoms with E-state index in [9.17, 15) is 4.79 Å². The summed E-state index contributed by atoms with van der Waals surface area (Å²) in [5.41, 5.74) is 0. The molecule has 0 bridgehead atoms. The van der Waals surface area contributed by atoms with Crippen molar-refractivity contribution in [2.75, 3.05) is 19.6 Å². The van der Waals surface area contributed by atoms with Crippen LogP contribution in [0.25, 0.3) is 0 Å². The number of carbonyl (C=O) groups is 1. The zero-order chi connectivity index (χ0) is 13.7. The Morgan fingerprint density at radius 3 is 2.26 bits per heavy atom. The molecule has 0 radical (unpaired) electrons. The van der Waals surface area contributed by atoms with Gasteiger partial charge < -0.3 is 10.1 Å². The van der Waals surface area contributed by atoms with E-state index in [-0.39, 0.29) is 18.1 Å². The van der Waals surface area contributed by atoms with E-state index in [4.69, 9.17) is 4.74 Å². The van der Waals surface area contributed by atoms with Crippen LogP contribution in [0.5, 0.6) is 0 Å². The highest BCUT2D eigenvalue weighted by Gasteiger charge is 2.24. The molecule has 0 aromatic heterocycles. The topological polar surface area (TPSA) is 41.6 Å². The predicted molar refractivity (Wildman–Crippen MR) is 76.1 cm³/mol. The number of rotatable bonds is 3. The van der Waals surface area contributed by atoms with Gasteiger partial charge in [-0.3, -0.25) is 9.69 Å². The molecule has 0 unspecified atom stereocenters. The maximum Gasteiger partial charge on any atom is 0.234 e. The molecule has 19 heavy (non-hydrogen) atoms. The van der Waals surface area contributed by atoms with Gasteiger partial charge in [-0.05, 0) is 26.7 Å². The monoisotopic (exact) mass is 268 g/mol. The lowest BCUT2D eigenvalue weighted by Gasteiger charge is -2.35. The van der Waals surface area contributed by atoms with E-state index in [1.54, 1.807) is 0 Å². The first kappa shape index (κ1) is 14.8. The van der Waals surface area contributed by atoms with Gasteiger partial charge in [0.05, 0.1) is 18.8 Å². The first-order valence-electron chi connectivity index (χ1n) is 7.80. The zero-order valence-electron chi connectivity index (χ0n) is 12.4. The molecular formula is C15H28N2O2. The van der Waals surface area contributed by atoms with E-state index >= 15 is 0 Å². The lowest BCUT2D eigenvalue weighted by atomic mass is 10.1. The molecule has 1 aliphatic heterocycles. The molecule has 1 saturated carbocycles. The second kappa shape index (κ2) is 7.25. The van der Waals surface area contributed by atoms with Crippen LogP contribution in [0, 0.1) is 0 Å². The van der Waals surface area contributed by atoms with Crippen LogP contribution in [0.1, 0.15) is 52.4 Å². The van der Waals surface area contributed by atoms with Crippen molar-refractivity contribution in [2.24, 2.45) is 0 Å². The summed E-state index contributed by atoms with van der Waals surface area (Å²) in [7, 11) is 0. The second-order valence-electron chi connectivity index (χ2n) is 6.21. The first-order valence-corrected chi connectivity index (χ1v) is 7.80. The van der Waals surface area contributed by atoms with Crippen molar-refractivity contribution in [3.05, 3.63) is 0 Å². The number of nitrogens with one attached hydrogen (secondary N) is 1. The Balaban J connectivity index is 1.73. The second-order valence-corrected chi connectivity index (χ2v) is 6.21. The summed E-state index contributed by atoms with van der Waals surface area (Å²) in [6.07, 6.45) is 7.94. The molecule has 4 nitrogen and oxygen atoms in total. The summed E-state index contributed by atoms with van der Waals surface area (Å²) >= 11 is 0. The van der Waals surface area contributed by atoms with Crippen LogP contribution in [0.2, 0.25) is 0 Å². The number of hydrogen-bond donors (Lipinski definition) is 1. The molecule has 1 N–H and O–H groups in total. The standard InChI is InChI=1S/C15H28N2O2/c1-12-9-17(10-13(2)19-12)11-15(18)16-14-7-5-3-4-6-8-14/h12-14H,3-11H2,1-2H3,(H,16,18)/t12-,13+. The molecule has 2 aliphatic rings.